The van der Waals surface area contributed by atoms with Crippen molar-refractivity contribution < 1.29 is 28.7 Å². The Hall–Kier alpha value is -3.50. The Kier molecular flexibility index (Phi) is 8.40. The highest BCUT2D eigenvalue weighted by Gasteiger charge is 2.56. The van der Waals surface area contributed by atoms with Crippen molar-refractivity contribution >= 4 is 47.2 Å². The van der Waals surface area contributed by atoms with E-state index in [1.807, 2.05) is 60.7 Å². The molecule has 194 valence electrons. The number of β-lactam (4-membered cyclic amide) rings is 1. The van der Waals surface area contributed by atoms with E-state index >= 15 is 0 Å². The van der Waals surface area contributed by atoms with Gasteiger partial charge in [0.15, 0.2) is 12.1 Å². The molecule has 2 aromatic carbocycles. The molecule has 1 fully saturated rings. The monoisotopic (exact) mass is 543 g/mol. The molecular weight excluding hydrogens is 518 g/mol. The first-order chi connectivity index (χ1) is 17.8. The number of nitrogens with one attached hydrogen (secondary N) is 2. The molecule has 2 aromatic rings. The second-order valence-electron chi connectivity index (χ2n) is 8.64. The Labute approximate surface area is 223 Å². The summed E-state index contributed by atoms with van der Waals surface area (Å²) >= 11 is 6.77. The highest BCUT2D eigenvalue weighted by atomic mass is 35.5. The fourth-order valence-corrected chi connectivity index (χ4v) is 5.32. The number of benzene rings is 2. The number of alkyl carbamates (subject to hydrolysis) is 1. The number of fused-ring (bicyclic) bond motifs is 1. The molecule has 0 radical (unpaired) electrons. The van der Waals surface area contributed by atoms with E-state index in [4.69, 9.17) is 21.1 Å². The van der Waals surface area contributed by atoms with Crippen LogP contribution >= 0.6 is 23.4 Å². The molecule has 2 aliphatic heterocycles. The summed E-state index contributed by atoms with van der Waals surface area (Å²) in [7, 11) is 0. The fourth-order valence-electron chi connectivity index (χ4n) is 4.07. The standard InChI is InChI=1S/C26H26ClN3O6S/c1-15(2)35-26(34)28-18-14-37-24-20(29-19(31)13-27)23(32)30(24)21(18)25(33)36-22(16-9-5-3-6-10-16)17-11-7-4-8-12-17/h3-12,14-15,20-22,24H,13H2,1-2H3,(H,28,34)(H,29,31)/t20?,21?,24-/m0/s1. The van der Waals surface area contributed by atoms with Gasteiger partial charge in [0, 0.05) is 0 Å². The number of halogens is 1. The average Bonchev–Trinajstić information content (AvgIpc) is 2.90. The first-order valence-corrected chi connectivity index (χ1v) is 13.1. The Morgan fingerprint density at radius 1 is 1.00 bits per heavy atom. The summed E-state index contributed by atoms with van der Waals surface area (Å²) in [6.45, 7) is 3.39. The van der Waals surface area contributed by atoms with E-state index in [0.29, 0.717) is 0 Å². The lowest BCUT2D eigenvalue weighted by molar-refractivity contribution is -0.165. The Balaban J connectivity index is 1.64. The molecule has 37 heavy (non-hydrogen) atoms. The fraction of sp³-hybridized carbons (Fsp3) is 0.308. The quantitative estimate of drug-likeness (QED) is 0.298. The zero-order chi connectivity index (χ0) is 26.5. The van der Waals surface area contributed by atoms with Gasteiger partial charge in [-0.3, -0.25) is 14.9 Å². The molecule has 2 unspecified atom stereocenters. The van der Waals surface area contributed by atoms with Gasteiger partial charge in [0.2, 0.25) is 11.8 Å². The van der Waals surface area contributed by atoms with Gasteiger partial charge in [0.25, 0.3) is 0 Å². The molecule has 0 spiro atoms. The zero-order valence-corrected chi connectivity index (χ0v) is 21.7. The van der Waals surface area contributed by atoms with Gasteiger partial charge in [0.1, 0.15) is 17.3 Å². The minimum absolute atomic E-state index is 0.146. The van der Waals surface area contributed by atoms with Crippen LogP contribution in [0.5, 0.6) is 0 Å². The number of ether oxygens (including phenoxy) is 2. The SMILES string of the molecule is CC(C)OC(=O)NC1=CS[C@H]2C(NC(=O)CCl)C(=O)N2C1C(=O)OC(c1ccccc1)c1ccccc1. The number of carbonyl (C=O) groups is 4. The molecular formula is C26H26ClN3O6S. The number of alkyl halides is 1. The molecule has 0 aliphatic carbocycles. The lowest BCUT2D eigenvalue weighted by Gasteiger charge is -2.51. The molecule has 3 atom stereocenters. The second-order valence-corrected chi connectivity index (χ2v) is 9.90. The van der Waals surface area contributed by atoms with E-state index in [9.17, 15) is 19.2 Å². The van der Waals surface area contributed by atoms with E-state index < -0.39 is 53.5 Å². The molecule has 3 amide bonds. The molecule has 0 bridgehead atoms. The number of amides is 3. The van der Waals surface area contributed by atoms with Gasteiger partial charge in [-0.05, 0) is 30.4 Å². The third-order valence-corrected chi connectivity index (χ3v) is 7.09. The number of hydrogen-bond donors (Lipinski definition) is 2. The molecule has 1 saturated heterocycles. The second kappa shape index (κ2) is 11.7. The third-order valence-electron chi connectivity index (χ3n) is 5.68. The van der Waals surface area contributed by atoms with Crippen LogP contribution in [0.2, 0.25) is 0 Å². The van der Waals surface area contributed by atoms with Gasteiger partial charge in [-0.25, -0.2) is 9.59 Å². The largest absolute Gasteiger partial charge is 0.451 e. The van der Waals surface area contributed by atoms with Crippen LogP contribution in [0.1, 0.15) is 31.1 Å². The van der Waals surface area contributed by atoms with Crippen LogP contribution in [0.15, 0.2) is 71.8 Å². The maximum absolute atomic E-state index is 13.7. The Morgan fingerprint density at radius 2 is 1.59 bits per heavy atom. The summed E-state index contributed by atoms with van der Waals surface area (Å²) in [4.78, 5) is 52.3. The topological polar surface area (TPSA) is 114 Å². The van der Waals surface area contributed by atoms with Crippen molar-refractivity contribution in [3.63, 3.8) is 0 Å². The number of rotatable bonds is 8. The lowest BCUT2D eigenvalue weighted by Crippen LogP contribution is -2.74. The Bertz CT molecular complexity index is 1150. The number of carbonyl (C=O) groups excluding carboxylic acids is 4. The van der Waals surface area contributed by atoms with Crippen LogP contribution < -0.4 is 10.6 Å². The summed E-state index contributed by atoms with van der Waals surface area (Å²) in [5.41, 5.74) is 1.62. The van der Waals surface area contributed by atoms with Crippen LogP contribution in [-0.4, -0.2) is 58.2 Å². The minimum Gasteiger partial charge on any atom is -0.451 e. The van der Waals surface area contributed by atoms with Crippen molar-refractivity contribution in [2.75, 3.05) is 5.88 Å². The van der Waals surface area contributed by atoms with Gasteiger partial charge in [-0.15, -0.1) is 23.4 Å². The van der Waals surface area contributed by atoms with Gasteiger partial charge >= 0.3 is 12.1 Å². The number of hydrogen-bond acceptors (Lipinski definition) is 7. The first kappa shape index (κ1) is 26.6. The van der Waals surface area contributed by atoms with Crippen molar-refractivity contribution in [2.24, 2.45) is 0 Å². The smallest absolute Gasteiger partial charge is 0.411 e. The number of thioether (sulfide) groups is 1. The van der Waals surface area contributed by atoms with Gasteiger partial charge in [-0.1, -0.05) is 60.7 Å². The molecule has 2 heterocycles. The highest BCUT2D eigenvalue weighted by molar-refractivity contribution is 8.02. The lowest BCUT2D eigenvalue weighted by atomic mass is 9.99. The van der Waals surface area contributed by atoms with Gasteiger partial charge < -0.3 is 19.7 Å². The van der Waals surface area contributed by atoms with Crippen LogP contribution in [-0.2, 0) is 23.9 Å². The van der Waals surface area contributed by atoms with Crippen LogP contribution in [0.3, 0.4) is 0 Å². The summed E-state index contributed by atoms with van der Waals surface area (Å²) in [6.07, 6.45) is -1.91. The van der Waals surface area contributed by atoms with Crippen molar-refractivity contribution in [3.05, 3.63) is 82.9 Å². The van der Waals surface area contributed by atoms with Crippen molar-refractivity contribution in [1.82, 2.24) is 15.5 Å². The molecule has 2 aliphatic rings. The zero-order valence-electron chi connectivity index (χ0n) is 20.1. The summed E-state index contributed by atoms with van der Waals surface area (Å²) in [5.74, 6) is -2.03. The predicted molar refractivity (Wildman–Crippen MR) is 138 cm³/mol. The van der Waals surface area contributed by atoms with Crippen LogP contribution in [0.4, 0.5) is 4.79 Å². The maximum atomic E-state index is 13.7. The number of esters is 1. The molecule has 2 N–H and O–H groups in total. The third kappa shape index (κ3) is 5.91. The van der Waals surface area contributed by atoms with Crippen LogP contribution in [0.25, 0.3) is 0 Å². The van der Waals surface area contributed by atoms with E-state index in [1.54, 1.807) is 19.3 Å². The molecule has 0 saturated carbocycles. The van der Waals surface area contributed by atoms with E-state index in [0.717, 1.165) is 11.1 Å². The molecule has 9 nitrogen and oxygen atoms in total. The van der Waals surface area contributed by atoms with E-state index in [2.05, 4.69) is 10.6 Å². The summed E-state index contributed by atoms with van der Waals surface area (Å²) < 4.78 is 11.2. The van der Waals surface area contributed by atoms with Crippen molar-refractivity contribution in [1.29, 1.82) is 0 Å². The minimum atomic E-state index is -1.25. The summed E-state index contributed by atoms with van der Waals surface area (Å²) in [5, 5.41) is 6.15. The molecule has 11 heteroatoms. The number of nitrogens with zero attached hydrogens (tertiary/aromatic N) is 1. The summed E-state index contributed by atoms with van der Waals surface area (Å²) in [6, 6.07) is 16.3. The maximum Gasteiger partial charge on any atom is 0.411 e. The molecule has 4 rings (SSSR count). The normalized spacial score (nSPS) is 20.5. The Morgan fingerprint density at radius 3 is 2.14 bits per heavy atom. The average molecular weight is 544 g/mol. The van der Waals surface area contributed by atoms with Gasteiger partial charge in [0.05, 0.1) is 11.8 Å². The highest BCUT2D eigenvalue weighted by Crippen LogP contribution is 2.40. The molecule has 0 aromatic heterocycles. The van der Waals surface area contributed by atoms with Crippen LogP contribution in [0, 0.1) is 0 Å². The van der Waals surface area contributed by atoms with E-state index in [-0.39, 0.29) is 11.6 Å². The first-order valence-electron chi connectivity index (χ1n) is 11.6. The van der Waals surface area contributed by atoms with Crippen molar-refractivity contribution in [3.8, 4) is 0 Å². The van der Waals surface area contributed by atoms with Crippen molar-refractivity contribution in [2.45, 2.75) is 43.5 Å². The predicted octanol–water partition coefficient (Wildman–Crippen LogP) is 3.30. The van der Waals surface area contributed by atoms with Gasteiger partial charge in [-0.2, -0.15) is 0 Å². The van der Waals surface area contributed by atoms with E-state index in [1.165, 1.54) is 16.7 Å².